The minimum absolute atomic E-state index is 0.0171. The number of fused-ring (bicyclic) bond motifs is 1. The summed E-state index contributed by atoms with van der Waals surface area (Å²) in [4.78, 5) is 32.9. The molecule has 1 aliphatic heterocycles. The van der Waals surface area contributed by atoms with Gasteiger partial charge in [-0.05, 0) is 38.2 Å². The molecular formula is C20H21N3O2S. The molecule has 3 atom stereocenters. The van der Waals surface area contributed by atoms with E-state index in [1.54, 1.807) is 11.3 Å². The van der Waals surface area contributed by atoms with Gasteiger partial charge in [-0.3, -0.25) is 9.59 Å². The van der Waals surface area contributed by atoms with Gasteiger partial charge in [0.15, 0.2) is 0 Å². The highest BCUT2D eigenvalue weighted by molar-refractivity contribution is 7.15. The Morgan fingerprint density at radius 1 is 1.23 bits per heavy atom. The number of hydrogen-bond donors (Lipinski definition) is 1. The maximum Gasteiger partial charge on any atom is 0.274 e. The van der Waals surface area contributed by atoms with Gasteiger partial charge in [-0.15, -0.1) is 11.3 Å². The van der Waals surface area contributed by atoms with E-state index in [0.29, 0.717) is 24.5 Å². The Labute approximate surface area is 156 Å². The van der Waals surface area contributed by atoms with Crippen molar-refractivity contribution >= 4 is 23.2 Å². The first kappa shape index (κ1) is 16.0. The maximum absolute atomic E-state index is 13.4. The third-order valence-corrected chi connectivity index (χ3v) is 7.31. The number of piperidine rings is 1. The van der Waals surface area contributed by atoms with Gasteiger partial charge in [-0.1, -0.05) is 30.3 Å². The van der Waals surface area contributed by atoms with Crippen LogP contribution in [0.25, 0.3) is 10.4 Å². The highest BCUT2D eigenvalue weighted by Gasteiger charge is 2.68. The molecule has 1 saturated heterocycles. The first-order valence-corrected chi connectivity index (χ1v) is 10.0. The summed E-state index contributed by atoms with van der Waals surface area (Å²) in [6, 6.07) is 9.95. The maximum atomic E-state index is 13.4. The van der Waals surface area contributed by atoms with Crippen molar-refractivity contribution in [2.45, 2.75) is 50.6 Å². The first-order valence-electron chi connectivity index (χ1n) is 9.20. The van der Waals surface area contributed by atoms with Crippen molar-refractivity contribution in [1.82, 2.24) is 9.88 Å². The molecular weight excluding hydrogens is 346 g/mol. The molecule has 134 valence electrons. The summed E-state index contributed by atoms with van der Waals surface area (Å²) in [5.74, 6) is 0.181. The predicted molar refractivity (Wildman–Crippen MR) is 99.8 cm³/mol. The largest absolute Gasteiger partial charge is 0.369 e. The van der Waals surface area contributed by atoms with Gasteiger partial charge in [0.05, 0.1) is 15.3 Å². The minimum Gasteiger partial charge on any atom is -0.369 e. The molecule has 5 nitrogen and oxygen atoms in total. The van der Waals surface area contributed by atoms with E-state index >= 15 is 0 Å². The van der Waals surface area contributed by atoms with Crippen LogP contribution in [0.3, 0.4) is 0 Å². The Kier molecular flexibility index (Phi) is 3.32. The number of carbonyl (C=O) groups is 2. The Hall–Kier alpha value is -2.21. The second-order valence-corrected chi connectivity index (χ2v) is 8.91. The number of primary amides is 1. The van der Waals surface area contributed by atoms with Crippen molar-refractivity contribution in [1.29, 1.82) is 0 Å². The lowest BCUT2D eigenvalue weighted by molar-refractivity contribution is -0.123. The van der Waals surface area contributed by atoms with Crippen molar-refractivity contribution in [3.05, 3.63) is 41.0 Å². The molecule has 6 heteroatoms. The molecule has 2 saturated carbocycles. The first-order chi connectivity index (χ1) is 12.5. The lowest BCUT2D eigenvalue weighted by Gasteiger charge is -2.24. The van der Waals surface area contributed by atoms with Crippen LogP contribution in [0.2, 0.25) is 0 Å². The summed E-state index contributed by atoms with van der Waals surface area (Å²) >= 11 is 1.64. The van der Waals surface area contributed by atoms with Gasteiger partial charge in [0.1, 0.15) is 5.69 Å². The van der Waals surface area contributed by atoms with Gasteiger partial charge in [-0.2, -0.15) is 0 Å². The van der Waals surface area contributed by atoms with E-state index in [1.165, 1.54) is 0 Å². The van der Waals surface area contributed by atoms with Gasteiger partial charge in [0, 0.05) is 18.0 Å². The van der Waals surface area contributed by atoms with Crippen LogP contribution < -0.4 is 5.73 Å². The number of benzene rings is 1. The van der Waals surface area contributed by atoms with Crippen LogP contribution in [0.15, 0.2) is 30.3 Å². The number of aromatic nitrogens is 1. The quantitative estimate of drug-likeness (QED) is 0.902. The zero-order chi connectivity index (χ0) is 18.1. The second-order valence-electron chi connectivity index (χ2n) is 7.88. The normalized spacial score (nSPS) is 29.5. The van der Waals surface area contributed by atoms with Crippen molar-refractivity contribution < 1.29 is 9.59 Å². The molecule has 0 unspecified atom stereocenters. The average Bonchev–Trinajstić information content (AvgIpc) is 3.53. The van der Waals surface area contributed by atoms with Crippen LogP contribution in [-0.4, -0.2) is 33.8 Å². The predicted octanol–water partition coefficient (Wildman–Crippen LogP) is 3.17. The Morgan fingerprint density at radius 3 is 2.58 bits per heavy atom. The molecule has 2 amide bonds. The van der Waals surface area contributed by atoms with Gasteiger partial charge in [-0.25, -0.2) is 4.98 Å². The summed E-state index contributed by atoms with van der Waals surface area (Å²) in [6.07, 6.45) is 3.67. The average molecular weight is 367 g/mol. The van der Waals surface area contributed by atoms with Crippen molar-refractivity contribution in [3.8, 4) is 10.4 Å². The number of nitrogens with zero attached hydrogens (tertiary/aromatic N) is 2. The summed E-state index contributed by atoms with van der Waals surface area (Å²) in [6.45, 7) is 2.01. The molecule has 5 rings (SSSR count). The number of hydrogen-bond acceptors (Lipinski definition) is 4. The number of nitrogens with two attached hydrogens (primary N) is 1. The summed E-state index contributed by atoms with van der Waals surface area (Å²) in [7, 11) is 0. The fraction of sp³-hybridized carbons (Fsp3) is 0.450. The zero-order valence-electron chi connectivity index (χ0n) is 14.6. The molecule has 2 aliphatic carbocycles. The molecule has 1 aromatic carbocycles. The van der Waals surface area contributed by atoms with Gasteiger partial charge in [0.2, 0.25) is 5.91 Å². The topological polar surface area (TPSA) is 76.3 Å². The molecule has 2 heterocycles. The summed E-state index contributed by atoms with van der Waals surface area (Å²) in [5.41, 5.74) is 6.69. The summed E-state index contributed by atoms with van der Waals surface area (Å²) < 4.78 is 0. The van der Waals surface area contributed by atoms with E-state index in [1.807, 2.05) is 42.2 Å². The lowest BCUT2D eigenvalue weighted by Crippen LogP contribution is -2.37. The number of amides is 2. The van der Waals surface area contributed by atoms with Crippen LogP contribution >= 0.6 is 11.3 Å². The van der Waals surface area contributed by atoms with Gasteiger partial charge in [0.25, 0.3) is 5.91 Å². The molecule has 3 fully saturated rings. The van der Waals surface area contributed by atoms with Gasteiger partial charge >= 0.3 is 0 Å². The highest BCUT2D eigenvalue weighted by Crippen LogP contribution is 2.59. The smallest absolute Gasteiger partial charge is 0.274 e. The fourth-order valence-corrected chi connectivity index (χ4v) is 5.64. The monoisotopic (exact) mass is 367 g/mol. The molecule has 0 spiro atoms. The summed E-state index contributed by atoms with van der Waals surface area (Å²) in [5, 5.41) is 1.07. The third-order valence-electron chi connectivity index (χ3n) is 6.04. The van der Waals surface area contributed by atoms with E-state index in [4.69, 9.17) is 10.7 Å². The third kappa shape index (κ3) is 2.24. The zero-order valence-corrected chi connectivity index (χ0v) is 15.5. The van der Waals surface area contributed by atoms with E-state index in [9.17, 15) is 9.59 Å². The highest BCUT2D eigenvalue weighted by atomic mass is 32.1. The van der Waals surface area contributed by atoms with Crippen LogP contribution in [0.1, 0.15) is 54.0 Å². The van der Waals surface area contributed by atoms with E-state index in [2.05, 4.69) is 0 Å². The van der Waals surface area contributed by atoms with E-state index < -0.39 is 5.41 Å². The van der Waals surface area contributed by atoms with Crippen LogP contribution in [0, 0.1) is 5.41 Å². The SMILES string of the molecule is C[C@H]1C[C@@]2(C(N)=O)C[C@@H]2N1C(=O)c1nc(C2CC2)sc1-c1ccccc1. The molecule has 2 aromatic rings. The van der Waals surface area contributed by atoms with Crippen LogP contribution in [0.4, 0.5) is 0 Å². The van der Waals surface area contributed by atoms with Crippen molar-refractivity contribution in [2.24, 2.45) is 11.1 Å². The number of thiazole rings is 1. The van der Waals surface area contributed by atoms with Crippen molar-refractivity contribution in [2.75, 3.05) is 0 Å². The number of carbonyl (C=O) groups excluding carboxylic acids is 2. The number of likely N-dealkylation sites (tertiary alicyclic amines) is 1. The standard InChI is InChI=1S/C20H21N3O2S/c1-11-9-20(19(21)25)10-14(20)23(11)18(24)15-16(12-5-3-2-4-6-12)26-17(22-15)13-7-8-13/h2-6,11,13-14H,7-10H2,1H3,(H2,21,25)/t11-,14-,20+/m0/s1. The van der Waals surface area contributed by atoms with Gasteiger partial charge < -0.3 is 10.6 Å². The molecule has 26 heavy (non-hydrogen) atoms. The minimum atomic E-state index is -0.503. The molecule has 0 radical (unpaired) electrons. The van der Waals surface area contributed by atoms with Crippen LogP contribution in [0.5, 0.6) is 0 Å². The van der Waals surface area contributed by atoms with E-state index in [0.717, 1.165) is 28.3 Å². The Bertz CT molecular complexity index is 905. The fourth-order valence-electron chi connectivity index (χ4n) is 4.40. The van der Waals surface area contributed by atoms with Crippen LogP contribution in [-0.2, 0) is 4.79 Å². The lowest BCUT2D eigenvalue weighted by atomic mass is 10.00. The Morgan fingerprint density at radius 2 is 1.96 bits per heavy atom. The van der Waals surface area contributed by atoms with E-state index in [-0.39, 0.29) is 23.9 Å². The molecule has 1 aromatic heterocycles. The Balaban J connectivity index is 1.54. The molecule has 0 bridgehead atoms. The second kappa shape index (κ2) is 5.39. The molecule has 2 N–H and O–H groups in total. The number of rotatable bonds is 4. The molecule has 3 aliphatic rings. The van der Waals surface area contributed by atoms with Crippen molar-refractivity contribution in [3.63, 3.8) is 0 Å².